The van der Waals surface area contributed by atoms with Gasteiger partial charge >= 0.3 is 6.18 Å². The van der Waals surface area contributed by atoms with Crippen molar-refractivity contribution in [1.82, 2.24) is 4.98 Å². The van der Waals surface area contributed by atoms with Gasteiger partial charge in [-0.2, -0.15) is 13.2 Å². The number of carbonyl (C=O) groups excluding carboxylic acids is 1. The lowest BCUT2D eigenvalue weighted by atomic mass is 9.75. The number of benzene rings is 1. The Hall–Kier alpha value is -2.16. The van der Waals surface area contributed by atoms with Gasteiger partial charge in [0.2, 0.25) is 11.5 Å². The van der Waals surface area contributed by atoms with E-state index in [4.69, 9.17) is 0 Å². The van der Waals surface area contributed by atoms with Crippen molar-refractivity contribution in [1.29, 1.82) is 0 Å². The molecule has 0 aliphatic heterocycles. The van der Waals surface area contributed by atoms with Crippen molar-refractivity contribution in [2.75, 3.05) is 5.32 Å². The second-order valence-electron chi connectivity index (χ2n) is 7.25. The largest absolute Gasteiger partial charge is 0.417 e. The third-order valence-corrected chi connectivity index (χ3v) is 6.30. The van der Waals surface area contributed by atoms with Crippen LogP contribution in [-0.2, 0) is 17.4 Å². The molecule has 0 saturated heterocycles. The van der Waals surface area contributed by atoms with Crippen LogP contribution in [0, 0.1) is 17.7 Å². The van der Waals surface area contributed by atoms with Gasteiger partial charge in [-0.05, 0) is 54.4 Å². The van der Waals surface area contributed by atoms with E-state index >= 15 is 0 Å². The van der Waals surface area contributed by atoms with E-state index in [0.717, 1.165) is 30.0 Å². The average molecular weight is 459 g/mol. The summed E-state index contributed by atoms with van der Waals surface area (Å²) in [6.07, 6.45) is -0.941. The Morgan fingerprint density at radius 3 is 2.68 bits per heavy atom. The molecule has 2 aromatic rings. The fraction of sp³-hybridized carbons (Fsp3) is 0.368. The smallest absolute Gasteiger partial charge is 0.329 e. The summed E-state index contributed by atoms with van der Waals surface area (Å²) in [5.74, 6) is -2.07. The summed E-state index contributed by atoms with van der Waals surface area (Å²) in [6, 6.07) is 2.85. The number of nitrogens with one attached hydrogen (secondary N) is 2. The minimum Gasteiger partial charge on any atom is -0.329 e. The van der Waals surface area contributed by atoms with Crippen LogP contribution in [-0.4, -0.2) is 10.9 Å². The molecular weight excluding hydrogens is 444 g/mol. The number of aromatic nitrogens is 1. The normalized spacial score (nSPS) is 23.4. The number of rotatable bonds is 2. The lowest BCUT2D eigenvalue weighted by Crippen LogP contribution is -2.34. The molecule has 0 radical (unpaired) electrons. The van der Waals surface area contributed by atoms with Crippen molar-refractivity contribution >= 4 is 27.5 Å². The summed E-state index contributed by atoms with van der Waals surface area (Å²) in [7, 11) is 0. The van der Waals surface area contributed by atoms with E-state index in [1.54, 1.807) is 12.3 Å². The highest BCUT2D eigenvalue weighted by molar-refractivity contribution is 9.10. The first kappa shape index (κ1) is 19.2. The van der Waals surface area contributed by atoms with E-state index in [1.165, 1.54) is 0 Å². The highest BCUT2D eigenvalue weighted by Crippen LogP contribution is 2.50. The maximum absolute atomic E-state index is 14.2. The number of hydrogen-bond donors (Lipinski definition) is 2. The van der Waals surface area contributed by atoms with Crippen molar-refractivity contribution in [3.05, 3.63) is 61.7 Å². The number of hydrogen-bond acceptors (Lipinski definition) is 2. The van der Waals surface area contributed by atoms with E-state index in [0.29, 0.717) is 12.5 Å². The van der Waals surface area contributed by atoms with Crippen LogP contribution in [0.1, 0.15) is 35.4 Å². The summed E-state index contributed by atoms with van der Waals surface area (Å²) >= 11 is 2.80. The molecule has 1 saturated carbocycles. The molecule has 1 aromatic heterocycles. The molecule has 2 N–H and O–H groups in total. The first-order chi connectivity index (χ1) is 13.1. The van der Waals surface area contributed by atoms with Crippen molar-refractivity contribution in [3.8, 4) is 0 Å². The minimum atomic E-state index is -4.70. The molecule has 3 atom stereocenters. The highest BCUT2D eigenvalue weighted by Gasteiger charge is 2.46. The zero-order chi connectivity index (χ0) is 20.2. The van der Waals surface area contributed by atoms with Gasteiger partial charge in [-0.15, -0.1) is 0 Å². The number of anilines is 1. The van der Waals surface area contributed by atoms with Gasteiger partial charge in [-0.1, -0.05) is 15.9 Å². The Kier molecular flexibility index (Phi) is 4.60. The SMILES string of the molecule is O=C(Nc1cc(Br)c(C(F)(F)F)cc1F)C1[C@H]2CC[C@H]1c1c[nH]c(=O)cc1C2. The first-order valence-corrected chi connectivity index (χ1v) is 9.53. The molecule has 0 spiro atoms. The third-order valence-electron chi connectivity index (χ3n) is 5.64. The second-order valence-corrected chi connectivity index (χ2v) is 8.10. The molecule has 2 bridgehead atoms. The van der Waals surface area contributed by atoms with Gasteiger partial charge in [0.1, 0.15) is 5.82 Å². The summed E-state index contributed by atoms with van der Waals surface area (Å²) in [5, 5.41) is 2.46. The van der Waals surface area contributed by atoms with E-state index < -0.39 is 29.4 Å². The topological polar surface area (TPSA) is 62.0 Å². The van der Waals surface area contributed by atoms with Crippen LogP contribution in [0.5, 0.6) is 0 Å². The van der Waals surface area contributed by atoms with E-state index in [1.807, 2.05) is 0 Å². The molecule has 4 nitrogen and oxygen atoms in total. The van der Waals surface area contributed by atoms with Gasteiger partial charge in [0, 0.05) is 22.7 Å². The van der Waals surface area contributed by atoms with E-state index in [2.05, 4.69) is 26.2 Å². The predicted molar refractivity (Wildman–Crippen MR) is 97.5 cm³/mol. The molecule has 2 aliphatic carbocycles. The molecule has 2 aliphatic rings. The van der Waals surface area contributed by atoms with Crippen molar-refractivity contribution in [2.45, 2.75) is 31.4 Å². The number of fused-ring (bicyclic) bond motifs is 4. The summed E-state index contributed by atoms with van der Waals surface area (Å²) in [6.45, 7) is 0. The Labute approximate surface area is 165 Å². The maximum Gasteiger partial charge on any atom is 0.417 e. The molecule has 9 heteroatoms. The Morgan fingerprint density at radius 1 is 1.21 bits per heavy atom. The molecular formula is C19H15BrF4N2O2. The molecule has 1 unspecified atom stereocenters. The molecule has 1 aromatic carbocycles. The fourth-order valence-corrected chi connectivity index (χ4v) is 5.03. The van der Waals surface area contributed by atoms with Gasteiger partial charge in [0.05, 0.1) is 11.3 Å². The first-order valence-electron chi connectivity index (χ1n) is 8.73. The summed E-state index contributed by atoms with van der Waals surface area (Å²) in [5.41, 5.74) is 0.194. The Morgan fingerprint density at radius 2 is 1.96 bits per heavy atom. The highest BCUT2D eigenvalue weighted by atomic mass is 79.9. The van der Waals surface area contributed by atoms with Gasteiger partial charge < -0.3 is 10.3 Å². The van der Waals surface area contributed by atoms with E-state index in [9.17, 15) is 27.2 Å². The van der Waals surface area contributed by atoms with Crippen LogP contribution in [0.15, 0.2) is 33.7 Å². The van der Waals surface area contributed by atoms with Gasteiger partial charge in [-0.25, -0.2) is 4.39 Å². The lowest BCUT2D eigenvalue weighted by molar-refractivity contribution is -0.138. The van der Waals surface area contributed by atoms with Crippen molar-refractivity contribution in [3.63, 3.8) is 0 Å². The van der Waals surface area contributed by atoms with E-state index in [-0.39, 0.29) is 27.6 Å². The third kappa shape index (κ3) is 3.25. The number of pyridine rings is 1. The number of halogens is 5. The van der Waals surface area contributed by atoms with Crippen LogP contribution < -0.4 is 10.9 Å². The molecule has 1 heterocycles. The monoisotopic (exact) mass is 458 g/mol. The Bertz CT molecular complexity index is 1020. The summed E-state index contributed by atoms with van der Waals surface area (Å²) in [4.78, 5) is 27.0. The van der Waals surface area contributed by atoms with Crippen molar-refractivity contribution in [2.24, 2.45) is 11.8 Å². The second kappa shape index (κ2) is 6.72. The Balaban J connectivity index is 1.61. The van der Waals surface area contributed by atoms with Gasteiger partial charge in [-0.3, -0.25) is 9.59 Å². The molecule has 28 heavy (non-hydrogen) atoms. The van der Waals surface area contributed by atoms with Crippen LogP contribution >= 0.6 is 15.9 Å². The number of H-pyrrole nitrogens is 1. The average Bonchev–Trinajstić information content (AvgIpc) is 2.92. The standard InChI is InChI=1S/C19H15BrF4N2O2/c20-13-6-15(14(21)5-12(13)19(22,23)24)26-18(28)17-8-1-2-10(17)11-7-25-16(27)4-9(11)3-8/h4-8,10,17H,1-3H2,(H,25,27)(H,26,28)/t8-,10-,17?/m0/s1. The van der Waals surface area contributed by atoms with Crippen LogP contribution in [0.3, 0.4) is 0 Å². The van der Waals surface area contributed by atoms with Crippen molar-refractivity contribution < 1.29 is 22.4 Å². The predicted octanol–water partition coefficient (Wildman–Crippen LogP) is 4.60. The van der Waals surface area contributed by atoms with Crippen LogP contribution in [0.25, 0.3) is 0 Å². The number of aromatic amines is 1. The maximum atomic E-state index is 14.2. The fourth-order valence-electron chi connectivity index (χ4n) is 4.46. The molecule has 4 rings (SSSR count). The number of amides is 1. The minimum absolute atomic E-state index is 0.0141. The lowest BCUT2D eigenvalue weighted by Gasteiger charge is -2.31. The quantitative estimate of drug-likeness (QED) is 0.646. The summed E-state index contributed by atoms with van der Waals surface area (Å²) < 4.78 is 52.5. The van der Waals surface area contributed by atoms with Gasteiger partial charge in [0.25, 0.3) is 0 Å². The van der Waals surface area contributed by atoms with Gasteiger partial charge in [0.15, 0.2) is 0 Å². The zero-order valence-electron chi connectivity index (χ0n) is 14.4. The molecule has 1 amide bonds. The molecule has 1 fully saturated rings. The van der Waals surface area contributed by atoms with Crippen LogP contribution in [0.4, 0.5) is 23.2 Å². The van der Waals surface area contributed by atoms with Crippen LogP contribution in [0.2, 0.25) is 0 Å². The number of carbonyl (C=O) groups is 1. The zero-order valence-corrected chi connectivity index (χ0v) is 16.0. The molecule has 148 valence electrons. The number of alkyl halides is 3.